The van der Waals surface area contributed by atoms with Crippen LogP contribution in [-0.4, -0.2) is 0 Å². The van der Waals surface area contributed by atoms with Crippen molar-refractivity contribution >= 4 is 11.6 Å². The normalized spacial score (nSPS) is 13.3. The predicted octanol–water partition coefficient (Wildman–Crippen LogP) is 4.63. The fraction of sp³-hybridized carbons (Fsp3) is 0.294. The van der Waals surface area contributed by atoms with E-state index in [2.05, 4.69) is 32.0 Å². The van der Waals surface area contributed by atoms with E-state index in [9.17, 15) is 0 Å². The van der Waals surface area contributed by atoms with E-state index in [1.54, 1.807) is 0 Å². The van der Waals surface area contributed by atoms with Crippen molar-refractivity contribution in [2.45, 2.75) is 32.2 Å². The SMILES string of the molecule is Cc1ccc(C(N)C(C)(C)c2ccccc2)cc1Cl. The summed E-state index contributed by atoms with van der Waals surface area (Å²) < 4.78 is 0. The maximum atomic E-state index is 6.47. The van der Waals surface area contributed by atoms with Crippen LogP contribution in [0.2, 0.25) is 5.02 Å². The molecule has 0 bridgehead atoms. The Kier molecular flexibility index (Phi) is 3.98. The molecule has 100 valence electrons. The number of rotatable bonds is 3. The summed E-state index contributed by atoms with van der Waals surface area (Å²) in [5, 5.41) is 0.775. The lowest BCUT2D eigenvalue weighted by molar-refractivity contribution is 0.421. The maximum Gasteiger partial charge on any atom is 0.0438 e. The van der Waals surface area contributed by atoms with Crippen LogP contribution in [0.3, 0.4) is 0 Å². The van der Waals surface area contributed by atoms with E-state index in [4.69, 9.17) is 17.3 Å². The van der Waals surface area contributed by atoms with Gasteiger partial charge in [-0.2, -0.15) is 0 Å². The molecule has 0 amide bonds. The molecule has 0 saturated carbocycles. The molecule has 1 atom stereocenters. The molecule has 1 nitrogen and oxygen atoms in total. The highest BCUT2D eigenvalue weighted by molar-refractivity contribution is 6.31. The standard InChI is InChI=1S/C17H20ClN/c1-12-9-10-13(11-15(12)18)16(19)17(2,3)14-7-5-4-6-8-14/h4-11,16H,19H2,1-3H3. The zero-order valence-electron chi connectivity index (χ0n) is 11.7. The summed E-state index contributed by atoms with van der Waals surface area (Å²) in [6.45, 7) is 6.33. The van der Waals surface area contributed by atoms with Gasteiger partial charge in [-0.05, 0) is 29.7 Å². The zero-order valence-corrected chi connectivity index (χ0v) is 12.4. The van der Waals surface area contributed by atoms with Crippen LogP contribution in [0, 0.1) is 6.92 Å². The first-order valence-corrected chi connectivity index (χ1v) is 6.88. The smallest absolute Gasteiger partial charge is 0.0438 e. The van der Waals surface area contributed by atoms with Crippen LogP contribution >= 0.6 is 11.6 Å². The topological polar surface area (TPSA) is 26.0 Å². The predicted molar refractivity (Wildman–Crippen MR) is 82.6 cm³/mol. The quantitative estimate of drug-likeness (QED) is 0.867. The van der Waals surface area contributed by atoms with Crippen molar-refractivity contribution in [1.29, 1.82) is 0 Å². The van der Waals surface area contributed by atoms with Crippen LogP contribution in [0.5, 0.6) is 0 Å². The molecule has 2 N–H and O–H groups in total. The highest BCUT2D eigenvalue weighted by Crippen LogP contribution is 2.36. The third kappa shape index (κ3) is 2.83. The largest absolute Gasteiger partial charge is 0.323 e. The summed E-state index contributed by atoms with van der Waals surface area (Å²) in [4.78, 5) is 0. The van der Waals surface area contributed by atoms with Crippen molar-refractivity contribution in [3.05, 3.63) is 70.2 Å². The van der Waals surface area contributed by atoms with Gasteiger partial charge in [0.2, 0.25) is 0 Å². The fourth-order valence-electron chi connectivity index (χ4n) is 2.27. The summed E-state index contributed by atoms with van der Waals surface area (Å²) in [6.07, 6.45) is 0. The van der Waals surface area contributed by atoms with Gasteiger partial charge < -0.3 is 5.73 Å². The fourth-order valence-corrected chi connectivity index (χ4v) is 2.46. The first-order valence-electron chi connectivity index (χ1n) is 6.50. The Morgan fingerprint density at radius 1 is 1.05 bits per heavy atom. The lowest BCUT2D eigenvalue weighted by Crippen LogP contribution is -2.33. The molecule has 0 aromatic heterocycles. The minimum atomic E-state index is -0.139. The van der Waals surface area contributed by atoms with E-state index in [1.165, 1.54) is 5.56 Å². The van der Waals surface area contributed by atoms with Crippen LogP contribution in [0.1, 0.15) is 36.6 Å². The number of aryl methyl sites for hydroxylation is 1. The molecule has 2 rings (SSSR count). The average Bonchev–Trinajstić information content (AvgIpc) is 2.42. The van der Waals surface area contributed by atoms with E-state index in [0.717, 1.165) is 16.1 Å². The number of halogens is 1. The second-order valence-electron chi connectivity index (χ2n) is 5.57. The van der Waals surface area contributed by atoms with E-state index < -0.39 is 0 Å². The van der Waals surface area contributed by atoms with Crippen molar-refractivity contribution in [2.75, 3.05) is 0 Å². The van der Waals surface area contributed by atoms with Gasteiger partial charge in [0, 0.05) is 16.5 Å². The van der Waals surface area contributed by atoms with E-state index >= 15 is 0 Å². The first-order chi connectivity index (χ1) is 8.93. The molecule has 0 saturated heterocycles. The van der Waals surface area contributed by atoms with Crippen LogP contribution < -0.4 is 5.73 Å². The summed E-state index contributed by atoms with van der Waals surface area (Å²) >= 11 is 6.20. The minimum absolute atomic E-state index is 0.0898. The molecule has 0 aliphatic heterocycles. The van der Waals surface area contributed by atoms with Crippen molar-refractivity contribution in [1.82, 2.24) is 0 Å². The average molecular weight is 274 g/mol. The van der Waals surface area contributed by atoms with Gasteiger partial charge in [-0.15, -0.1) is 0 Å². The number of hydrogen-bond donors (Lipinski definition) is 1. The summed E-state index contributed by atoms with van der Waals surface area (Å²) in [5.74, 6) is 0. The third-order valence-electron chi connectivity index (χ3n) is 3.85. The molecular formula is C17H20ClN. The molecule has 0 aliphatic rings. The second-order valence-corrected chi connectivity index (χ2v) is 5.98. The lowest BCUT2D eigenvalue weighted by atomic mass is 9.75. The zero-order chi connectivity index (χ0) is 14.0. The molecule has 2 heteroatoms. The Morgan fingerprint density at radius 2 is 1.68 bits per heavy atom. The van der Waals surface area contributed by atoms with Gasteiger partial charge in [-0.1, -0.05) is 67.9 Å². The van der Waals surface area contributed by atoms with Gasteiger partial charge in [-0.3, -0.25) is 0 Å². The molecule has 0 radical (unpaired) electrons. The van der Waals surface area contributed by atoms with E-state index in [-0.39, 0.29) is 11.5 Å². The molecule has 1 unspecified atom stereocenters. The van der Waals surface area contributed by atoms with Gasteiger partial charge >= 0.3 is 0 Å². The Morgan fingerprint density at radius 3 is 2.26 bits per heavy atom. The van der Waals surface area contributed by atoms with Crippen LogP contribution in [-0.2, 0) is 5.41 Å². The highest BCUT2D eigenvalue weighted by Gasteiger charge is 2.29. The molecule has 19 heavy (non-hydrogen) atoms. The van der Waals surface area contributed by atoms with Gasteiger partial charge in [-0.25, -0.2) is 0 Å². The molecule has 0 spiro atoms. The van der Waals surface area contributed by atoms with Crippen LogP contribution in [0.25, 0.3) is 0 Å². The number of nitrogens with two attached hydrogens (primary N) is 1. The van der Waals surface area contributed by atoms with E-state index in [1.807, 2.05) is 37.3 Å². The van der Waals surface area contributed by atoms with Gasteiger partial charge in [0.05, 0.1) is 0 Å². The Labute approximate surface area is 120 Å². The van der Waals surface area contributed by atoms with Crippen LogP contribution in [0.15, 0.2) is 48.5 Å². The first kappa shape index (κ1) is 14.1. The van der Waals surface area contributed by atoms with Crippen LogP contribution in [0.4, 0.5) is 0 Å². The molecular weight excluding hydrogens is 254 g/mol. The highest BCUT2D eigenvalue weighted by atomic mass is 35.5. The number of benzene rings is 2. The Hall–Kier alpha value is -1.31. The van der Waals surface area contributed by atoms with Crippen molar-refractivity contribution < 1.29 is 0 Å². The number of hydrogen-bond acceptors (Lipinski definition) is 1. The summed E-state index contributed by atoms with van der Waals surface area (Å²) in [6, 6.07) is 16.3. The summed E-state index contributed by atoms with van der Waals surface area (Å²) in [7, 11) is 0. The van der Waals surface area contributed by atoms with Crippen molar-refractivity contribution in [3.8, 4) is 0 Å². The molecule has 2 aromatic carbocycles. The van der Waals surface area contributed by atoms with Gasteiger partial charge in [0.1, 0.15) is 0 Å². The Bertz CT molecular complexity index is 561. The van der Waals surface area contributed by atoms with E-state index in [0.29, 0.717) is 0 Å². The maximum absolute atomic E-state index is 6.47. The second kappa shape index (κ2) is 5.36. The molecule has 0 fully saturated rings. The van der Waals surface area contributed by atoms with Gasteiger partial charge in [0.15, 0.2) is 0 Å². The van der Waals surface area contributed by atoms with Crippen molar-refractivity contribution in [3.63, 3.8) is 0 Å². The Balaban J connectivity index is 2.37. The third-order valence-corrected chi connectivity index (χ3v) is 4.26. The van der Waals surface area contributed by atoms with Crippen molar-refractivity contribution in [2.24, 2.45) is 5.73 Å². The molecule has 0 heterocycles. The molecule has 2 aromatic rings. The summed E-state index contributed by atoms with van der Waals surface area (Å²) in [5.41, 5.74) is 9.71. The van der Waals surface area contributed by atoms with Gasteiger partial charge in [0.25, 0.3) is 0 Å². The molecule has 0 aliphatic carbocycles. The minimum Gasteiger partial charge on any atom is -0.323 e. The lowest BCUT2D eigenvalue weighted by Gasteiger charge is -2.32. The monoisotopic (exact) mass is 273 g/mol.